The van der Waals surface area contributed by atoms with Crippen LogP contribution in [0.5, 0.6) is 0 Å². The molecule has 2 N–H and O–H groups in total. The van der Waals surface area contributed by atoms with E-state index in [1.165, 1.54) is 18.7 Å². The van der Waals surface area contributed by atoms with Gasteiger partial charge in [0.25, 0.3) is 0 Å². The van der Waals surface area contributed by atoms with E-state index >= 15 is 0 Å². The minimum absolute atomic E-state index is 0.0228. The Balaban J connectivity index is 2.14. The molecule has 33 heavy (non-hydrogen) atoms. The Morgan fingerprint density at radius 1 is 1.06 bits per heavy atom. The number of carbonyl (C=O) groups is 4. The lowest BCUT2D eigenvalue weighted by atomic mass is 10.1. The molecule has 1 aromatic carbocycles. The van der Waals surface area contributed by atoms with Crippen LogP contribution in [0.4, 0.5) is 0 Å². The fourth-order valence-electron chi connectivity index (χ4n) is 3.25. The quantitative estimate of drug-likeness (QED) is 0.305. The Morgan fingerprint density at radius 2 is 1.73 bits per heavy atom. The number of ether oxygens (including phenoxy) is 2. The zero-order valence-corrected chi connectivity index (χ0v) is 20.6. The van der Waals surface area contributed by atoms with Crippen LogP contribution in [0.15, 0.2) is 29.2 Å². The second-order valence-corrected chi connectivity index (χ2v) is 8.78. The van der Waals surface area contributed by atoms with Crippen molar-refractivity contribution in [1.82, 2.24) is 10.3 Å². The van der Waals surface area contributed by atoms with Crippen LogP contribution in [0.25, 0.3) is 0 Å². The summed E-state index contributed by atoms with van der Waals surface area (Å²) in [6.07, 6.45) is -1.09. The first-order valence-corrected chi connectivity index (χ1v) is 11.7. The first kappa shape index (κ1) is 26.2. The molecule has 1 atom stereocenters. The number of aromatic nitrogens is 1. The van der Waals surface area contributed by atoms with Crippen molar-refractivity contribution in [2.45, 2.75) is 58.6 Å². The molecular formula is C24H30N2O6S. The fraction of sp³-hybridized carbons (Fsp3) is 0.417. The third-order valence-corrected chi connectivity index (χ3v) is 5.81. The molecule has 0 saturated heterocycles. The van der Waals surface area contributed by atoms with E-state index in [1.807, 2.05) is 13.8 Å². The molecule has 0 aliphatic carbocycles. The number of Topliss-reactive ketones (excluding diaryl/α,β-unsaturated/α-hetero) is 1. The summed E-state index contributed by atoms with van der Waals surface area (Å²) in [5.41, 5.74) is 1.73. The molecule has 1 amide bonds. The van der Waals surface area contributed by atoms with Gasteiger partial charge in [-0.1, -0.05) is 12.1 Å². The maximum Gasteiger partial charge on any atom is 0.340 e. The molecule has 0 fully saturated rings. The second kappa shape index (κ2) is 11.7. The number of hydrogen-bond acceptors (Lipinski definition) is 7. The third-order valence-electron chi connectivity index (χ3n) is 4.73. The van der Waals surface area contributed by atoms with Crippen LogP contribution in [-0.2, 0) is 14.3 Å². The molecule has 2 rings (SSSR count). The number of hydrogen-bond donors (Lipinski definition) is 2. The van der Waals surface area contributed by atoms with Crippen molar-refractivity contribution in [3.05, 3.63) is 52.3 Å². The van der Waals surface area contributed by atoms with E-state index in [2.05, 4.69) is 10.3 Å². The molecular weight excluding hydrogens is 444 g/mol. The second-order valence-electron chi connectivity index (χ2n) is 7.76. The number of esters is 2. The monoisotopic (exact) mass is 474 g/mol. The van der Waals surface area contributed by atoms with Crippen LogP contribution < -0.4 is 5.32 Å². The number of thioether (sulfide) groups is 1. The van der Waals surface area contributed by atoms with Gasteiger partial charge in [-0.15, -0.1) is 11.8 Å². The number of amides is 1. The molecule has 2 aromatic rings. The SMILES string of the molecule is CCOC(=O)c1c(C)[nH]c(C(=O)C(C)OC(=O)c2ccccc2SCC(=O)NC(C)C)c1C. The molecule has 9 heteroatoms. The molecule has 0 spiro atoms. The summed E-state index contributed by atoms with van der Waals surface area (Å²) >= 11 is 1.22. The molecule has 0 bridgehead atoms. The number of aromatic amines is 1. The van der Waals surface area contributed by atoms with Crippen LogP contribution in [0.2, 0.25) is 0 Å². The maximum absolute atomic E-state index is 13.0. The van der Waals surface area contributed by atoms with E-state index < -0.39 is 23.8 Å². The van der Waals surface area contributed by atoms with Crippen LogP contribution in [0.1, 0.15) is 70.2 Å². The lowest BCUT2D eigenvalue weighted by Gasteiger charge is -2.14. The van der Waals surface area contributed by atoms with Gasteiger partial charge in [-0.2, -0.15) is 0 Å². The lowest BCUT2D eigenvalue weighted by molar-refractivity contribution is -0.119. The van der Waals surface area contributed by atoms with E-state index in [0.29, 0.717) is 21.7 Å². The van der Waals surface area contributed by atoms with Gasteiger partial charge in [0.15, 0.2) is 6.10 Å². The van der Waals surface area contributed by atoms with Crippen molar-refractivity contribution >= 4 is 35.4 Å². The highest BCUT2D eigenvalue weighted by Crippen LogP contribution is 2.25. The first-order chi connectivity index (χ1) is 15.6. The number of ketones is 1. The molecule has 0 radical (unpaired) electrons. The summed E-state index contributed by atoms with van der Waals surface area (Å²) in [5.74, 6) is -1.64. The summed E-state index contributed by atoms with van der Waals surface area (Å²) in [7, 11) is 0. The Kier molecular flexibility index (Phi) is 9.28. The van der Waals surface area contributed by atoms with Crippen LogP contribution in [0.3, 0.4) is 0 Å². The Labute approximate surface area is 197 Å². The van der Waals surface area contributed by atoms with Crippen LogP contribution in [-0.4, -0.2) is 53.1 Å². The van der Waals surface area contributed by atoms with Gasteiger partial charge in [-0.05, 0) is 59.2 Å². The molecule has 8 nitrogen and oxygen atoms in total. The van der Waals surface area contributed by atoms with Gasteiger partial charge in [-0.25, -0.2) is 9.59 Å². The molecule has 1 heterocycles. The van der Waals surface area contributed by atoms with Crippen LogP contribution >= 0.6 is 11.8 Å². The Hall–Kier alpha value is -3.07. The van der Waals surface area contributed by atoms with Gasteiger partial charge in [0.05, 0.1) is 29.2 Å². The predicted molar refractivity (Wildman–Crippen MR) is 126 cm³/mol. The molecule has 0 aliphatic heterocycles. The van der Waals surface area contributed by atoms with Crippen molar-refractivity contribution in [1.29, 1.82) is 0 Å². The highest BCUT2D eigenvalue weighted by atomic mass is 32.2. The molecule has 1 aromatic heterocycles. The number of benzene rings is 1. The van der Waals surface area contributed by atoms with Crippen LogP contribution in [0, 0.1) is 13.8 Å². The summed E-state index contributed by atoms with van der Waals surface area (Å²) < 4.78 is 10.5. The summed E-state index contributed by atoms with van der Waals surface area (Å²) in [5, 5.41) is 2.80. The summed E-state index contributed by atoms with van der Waals surface area (Å²) in [6.45, 7) is 10.5. The largest absolute Gasteiger partial charge is 0.462 e. The molecule has 178 valence electrons. The Morgan fingerprint density at radius 3 is 2.36 bits per heavy atom. The van der Waals surface area contributed by atoms with E-state index in [4.69, 9.17) is 9.47 Å². The first-order valence-electron chi connectivity index (χ1n) is 10.7. The zero-order chi connectivity index (χ0) is 24.7. The normalized spacial score (nSPS) is 11.7. The summed E-state index contributed by atoms with van der Waals surface area (Å²) in [6, 6.07) is 6.78. The standard InChI is InChI=1S/C24H30N2O6S/c1-7-31-24(30)20-14(4)21(26-15(20)5)22(28)16(6)32-23(29)17-10-8-9-11-18(17)33-12-19(27)25-13(2)3/h8-11,13,16,26H,7,12H2,1-6H3,(H,25,27). The number of aryl methyl sites for hydroxylation is 1. The average Bonchev–Trinajstić information content (AvgIpc) is 3.05. The number of nitrogens with one attached hydrogen (secondary N) is 2. The van der Waals surface area contributed by atoms with Gasteiger partial charge in [0.2, 0.25) is 11.7 Å². The topological polar surface area (TPSA) is 115 Å². The van der Waals surface area contributed by atoms with E-state index in [-0.39, 0.29) is 35.6 Å². The lowest BCUT2D eigenvalue weighted by Crippen LogP contribution is -2.31. The summed E-state index contributed by atoms with van der Waals surface area (Å²) in [4.78, 5) is 53.4. The fourth-order valence-corrected chi connectivity index (χ4v) is 4.11. The van der Waals surface area contributed by atoms with E-state index in [9.17, 15) is 19.2 Å². The number of H-pyrrole nitrogens is 1. The third kappa shape index (κ3) is 6.71. The van der Waals surface area contributed by atoms with Crippen molar-refractivity contribution in [3.63, 3.8) is 0 Å². The van der Waals surface area contributed by atoms with E-state index in [0.717, 1.165) is 0 Å². The molecule has 0 saturated carbocycles. The predicted octanol–water partition coefficient (Wildman–Crippen LogP) is 3.85. The number of rotatable bonds is 10. The minimum atomic E-state index is -1.09. The molecule has 1 unspecified atom stereocenters. The maximum atomic E-state index is 13.0. The average molecular weight is 475 g/mol. The van der Waals surface area contributed by atoms with Gasteiger partial charge in [0, 0.05) is 16.6 Å². The van der Waals surface area contributed by atoms with Gasteiger partial charge in [0.1, 0.15) is 0 Å². The molecule has 0 aliphatic rings. The van der Waals surface area contributed by atoms with Gasteiger partial charge in [-0.3, -0.25) is 9.59 Å². The zero-order valence-electron chi connectivity index (χ0n) is 19.7. The van der Waals surface area contributed by atoms with Crippen molar-refractivity contribution < 1.29 is 28.7 Å². The van der Waals surface area contributed by atoms with Gasteiger partial charge < -0.3 is 19.8 Å². The van der Waals surface area contributed by atoms with Crippen molar-refractivity contribution in [2.75, 3.05) is 12.4 Å². The van der Waals surface area contributed by atoms with Crippen molar-refractivity contribution in [3.8, 4) is 0 Å². The van der Waals surface area contributed by atoms with E-state index in [1.54, 1.807) is 45.0 Å². The highest BCUT2D eigenvalue weighted by Gasteiger charge is 2.28. The van der Waals surface area contributed by atoms with Gasteiger partial charge >= 0.3 is 11.9 Å². The minimum Gasteiger partial charge on any atom is -0.462 e. The van der Waals surface area contributed by atoms with Crippen molar-refractivity contribution in [2.24, 2.45) is 0 Å². The Bertz CT molecular complexity index is 1040. The smallest absolute Gasteiger partial charge is 0.340 e. The highest BCUT2D eigenvalue weighted by molar-refractivity contribution is 8.00. The number of carbonyl (C=O) groups excluding carboxylic acids is 4.